The number of allylic oxidation sites excluding steroid dienone is 1. The van der Waals surface area contributed by atoms with Crippen molar-refractivity contribution in [2.45, 2.75) is 90.4 Å². The van der Waals surface area contributed by atoms with Crippen LogP contribution in [0.2, 0.25) is 0 Å². The third kappa shape index (κ3) is 5.74. The molecule has 1 nitrogen and oxygen atoms in total. The number of rotatable bonds is 8. The first kappa shape index (κ1) is 23.3. The molecule has 2 aromatic carbocycles. The van der Waals surface area contributed by atoms with Gasteiger partial charge in [-0.25, -0.2) is 4.39 Å². The predicted octanol–water partition coefficient (Wildman–Crippen LogP) is 9.20. The number of fused-ring (bicyclic) bond motifs is 1. The lowest BCUT2D eigenvalue weighted by atomic mass is 9.74. The topological polar surface area (TPSA) is 9.23 Å². The van der Waals surface area contributed by atoms with Crippen molar-refractivity contribution < 1.29 is 9.13 Å². The summed E-state index contributed by atoms with van der Waals surface area (Å²) >= 11 is 0. The van der Waals surface area contributed by atoms with Crippen LogP contribution in [0.15, 0.2) is 42.5 Å². The normalized spacial score (nSPS) is 26.6. The fraction of sp³-hybridized carbons (Fsp3) is 0.600. The van der Waals surface area contributed by atoms with Crippen molar-refractivity contribution in [3.8, 4) is 5.75 Å². The molecule has 0 heterocycles. The van der Waals surface area contributed by atoms with Gasteiger partial charge in [0.05, 0.1) is 0 Å². The molecule has 174 valence electrons. The summed E-state index contributed by atoms with van der Waals surface area (Å²) in [6, 6.07) is 10.1. The molecule has 2 aliphatic rings. The fourth-order valence-corrected chi connectivity index (χ4v) is 6.07. The molecule has 0 aliphatic heterocycles. The van der Waals surface area contributed by atoms with E-state index in [-0.39, 0.29) is 5.82 Å². The molecule has 0 unspecified atom stereocenters. The Morgan fingerprint density at radius 2 is 1.53 bits per heavy atom. The van der Waals surface area contributed by atoms with E-state index in [0.717, 1.165) is 23.1 Å². The average molecular weight is 437 g/mol. The van der Waals surface area contributed by atoms with E-state index in [1.165, 1.54) is 76.2 Å². The van der Waals surface area contributed by atoms with Gasteiger partial charge in [0.1, 0.15) is 6.61 Å². The quantitative estimate of drug-likeness (QED) is 0.375. The first-order valence-electron chi connectivity index (χ1n) is 13.1. The Kier molecular flexibility index (Phi) is 8.27. The van der Waals surface area contributed by atoms with Crippen LogP contribution in [0.4, 0.5) is 4.39 Å². The summed E-state index contributed by atoms with van der Waals surface area (Å²) in [5.74, 6) is 3.66. The zero-order valence-electron chi connectivity index (χ0n) is 20.1. The summed E-state index contributed by atoms with van der Waals surface area (Å²) in [5.41, 5.74) is 1.39. The first-order chi connectivity index (χ1) is 15.7. The highest BCUT2D eigenvalue weighted by molar-refractivity contribution is 5.85. The van der Waals surface area contributed by atoms with Gasteiger partial charge in [0.25, 0.3) is 0 Å². The van der Waals surface area contributed by atoms with Gasteiger partial charge in [0.15, 0.2) is 11.6 Å². The molecule has 0 amide bonds. The van der Waals surface area contributed by atoms with Crippen molar-refractivity contribution in [1.29, 1.82) is 0 Å². The van der Waals surface area contributed by atoms with E-state index in [4.69, 9.17) is 4.74 Å². The molecular formula is C30H41FO. The molecule has 0 saturated heterocycles. The second-order valence-electron chi connectivity index (χ2n) is 10.3. The molecule has 2 fully saturated rings. The largest absolute Gasteiger partial charge is 0.486 e. The Labute approximate surface area is 194 Å². The molecule has 0 spiro atoms. The standard InChI is InChI=1S/C30H41FO/c1-3-5-20-32-29-19-17-27-21-26(16-18-28(27)30(29)31)25-14-12-24(13-15-25)11-10-23-8-6-22(4-2)7-9-23/h3,5,16-19,21-25H,4,6-15,20H2,1-2H3. The van der Waals surface area contributed by atoms with Crippen LogP contribution in [-0.2, 0) is 0 Å². The molecule has 4 rings (SSSR count). The van der Waals surface area contributed by atoms with Crippen molar-refractivity contribution >= 4 is 10.8 Å². The van der Waals surface area contributed by atoms with Crippen LogP contribution >= 0.6 is 0 Å². The zero-order valence-corrected chi connectivity index (χ0v) is 20.1. The number of benzene rings is 2. The summed E-state index contributed by atoms with van der Waals surface area (Å²) in [4.78, 5) is 0. The van der Waals surface area contributed by atoms with Gasteiger partial charge >= 0.3 is 0 Å². The second-order valence-corrected chi connectivity index (χ2v) is 10.3. The van der Waals surface area contributed by atoms with E-state index in [2.05, 4.69) is 19.1 Å². The molecule has 2 heteroatoms. The minimum atomic E-state index is -0.241. The van der Waals surface area contributed by atoms with Crippen molar-refractivity contribution in [2.75, 3.05) is 6.61 Å². The van der Waals surface area contributed by atoms with Crippen LogP contribution in [0.1, 0.15) is 96.0 Å². The zero-order chi connectivity index (χ0) is 22.3. The Balaban J connectivity index is 1.29. The van der Waals surface area contributed by atoms with Gasteiger partial charge in [-0.2, -0.15) is 0 Å². The third-order valence-electron chi connectivity index (χ3n) is 8.36. The lowest BCUT2D eigenvalue weighted by Gasteiger charge is -2.32. The summed E-state index contributed by atoms with van der Waals surface area (Å²) < 4.78 is 20.4. The van der Waals surface area contributed by atoms with Crippen LogP contribution in [0.25, 0.3) is 10.8 Å². The predicted molar refractivity (Wildman–Crippen MR) is 134 cm³/mol. The lowest BCUT2D eigenvalue weighted by molar-refractivity contribution is 0.227. The SMILES string of the molecule is CC=CCOc1ccc2cc(C3CCC(CCC4CCC(CC)CC4)CC3)ccc2c1F. The van der Waals surface area contributed by atoms with Crippen LogP contribution in [-0.4, -0.2) is 6.61 Å². The minimum absolute atomic E-state index is 0.241. The minimum Gasteiger partial charge on any atom is -0.486 e. The van der Waals surface area contributed by atoms with E-state index in [0.29, 0.717) is 23.7 Å². The monoisotopic (exact) mass is 436 g/mol. The van der Waals surface area contributed by atoms with Crippen LogP contribution in [0.5, 0.6) is 5.75 Å². The highest BCUT2D eigenvalue weighted by Crippen LogP contribution is 2.41. The number of halogens is 1. The summed E-state index contributed by atoms with van der Waals surface area (Å²) in [7, 11) is 0. The van der Waals surface area contributed by atoms with Gasteiger partial charge in [-0.15, -0.1) is 0 Å². The smallest absolute Gasteiger partial charge is 0.172 e. The van der Waals surface area contributed by atoms with Crippen LogP contribution < -0.4 is 4.74 Å². The highest BCUT2D eigenvalue weighted by atomic mass is 19.1. The van der Waals surface area contributed by atoms with E-state index in [1.54, 1.807) is 6.07 Å². The van der Waals surface area contributed by atoms with Crippen LogP contribution in [0, 0.1) is 23.6 Å². The fourth-order valence-electron chi connectivity index (χ4n) is 6.07. The van der Waals surface area contributed by atoms with Crippen molar-refractivity contribution in [3.63, 3.8) is 0 Å². The molecule has 32 heavy (non-hydrogen) atoms. The molecule has 0 aromatic heterocycles. The molecule has 0 radical (unpaired) electrons. The second kappa shape index (κ2) is 11.3. The highest BCUT2D eigenvalue weighted by Gasteiger charge is 2.25. The lowest BCUT2D eigenvalue weighted by Crippen LogP contribution is -2.17. The maximum Gasteiger partial charge on any atom is 0.172 e. The molecule has 0 N–H and O–H groups in total. The maximum absolute atomic E-state index is 14.9. The van der Waals surface area contributed by atoms with E-state index in [9.17, 15) is 4.39 Å². The van der Waals surface area contributed by atoms with Gasteiger partial charge in [-0.1, -0.05) is 88.3 Å². The Morgan fingerprint density at radius 3 is 2.19 bits per heavy atom. The molecule has 2 aromatic rings. The first-order valence-corrected chi connectivity index (χ1v) is 13.1. The number of hydrogen-bond acceptors (Lipinski definition) is 1. The Bertz CT molecular complexity index is 885. The van der Waals surface area contributed by atoms with Gasteiger partial charge in [0.2, 0.25) is 0 Å². The number of hydrogen-bond donors (Lipinski definition) is 0. The van der Waals surface area contributed by atoms with E-state index in [1.807, 2.05) is 31.2 Å². The molecule has 0 bridgehead atoms. The van der Waals surface area contributed by atoms with Crippen molar-refractivity contribution in [2.24, 2.45) is 17.8 Å². The van der Waals surface area contributed by atoms with Gasteiger partial charge in [0, 0.05) is 5.39 Å². The average Bonchev–Trinajstić information content (AvgIpc) is 2.85. The molecular weight excluding hydrogens is 395 g/mol. The van der Waals surface area contributed by atoms with Crippen LogP contribution in [0.3, 0.4) is 0 Å². The van der Waals surface area contributed by atoms with E-state index < -0.39 is 0 Å². The van der Waals surface area contributed by atoms with Crippen molar-refractivity contribution in [3.05, 3.63) is 53.9 Å². The molecule has 2 saturated carbocycles. The van der Waals surface area contributed by atoms with Gasteiger partial charge in [-0.05, 0) is 73.3 Å². The maximum atomic E-state index is 14.9. The van der Waals surface area contributed by atoms with Gasteiger partial charge in [-0.3, -0.25) is 0 Å². The summed E-state index contributed by atoms with van der Waals surface area (Å²) in [5, 5.41) is 1.65. The Hall–Kier alpha value is -1.83. The summed E-state index contributed by atoms with van der Waals surface area (Å²) in [6.07, 6.45) is 19.3. The third-order valence-corrected chi connectivity index (χ3v) is 8.36. The van der Waals surface area contributed by atoms with E-state index >= 15 is 0 Å². The Morgan fingerprint density at radius 1 is 0.875 bits per heavy atom. The van der Waals surface area contributed by atoms with Gasteiger partial charge < -0.3 is 4.74 Å². The molecule has 2 aliphatic carbocycles. The summed E-state index contributed by atoms with van der Waals surface area (Å²) in [6.45, 7) is 4.70. The van der Waals surface area contributed by atoms with Crippen molar-refractivity contribution in [1.82, 2.24) is 0 Å². The number of ether oxygens (including phenoxy) is 1. The molecule has 0 atom stereocenters.